The van der Waals surface area contributed by atoms with E-state index in [0.717, 1.165) is 88.5 Å². The zero-order chi connectivity index (χ0) is 44.5. The number of nitrogens with one attached hydrogen (secondary N) is 2. The van der Waals surface area contributed by atoms with Gasteiger partial charge in [0.1, 0.15) is 17.6 Å². The third kappa shape index (κ3) is 10.8. The predicted octanol–water partition coefficient (Wildman–Crippen LogP) is 7.62. The Balaban J connectivity index is 0.852. The van der Waals surface area contributed by atoms with Crippen LogP contribution < -0.4 is 20.3 Å². The van der Waals surface area contributed by atoms with E-state index in [9.17, 15) is 19.2 Å². The van der Waals surface area contributed by atoms with Crippen LogP contribution in [0.4, 0.5) is 11.4 Å². The minimum Gasteiger partial charge on any atom is -0.496 e. The maximum atomic E-state index is 13.2. The van der Waals surface area contributed by atoms with E-state index in [2.05, 4.69) is 68.0 Å². The third-order valence-electron chi connectivity index (χ3n) is 12.0. The lowest BCUT2D eigenvalue weighted by molar-refractivity contribution is -0.137. The topological polar surface area (TPSA) is 142 Å². The summed E-state index contributed by atoms with van der Waals surface area (Å²) in [5.74, 6) is 1.24. The molecule has 7 rings (SSSR count). The van der Waals surface area contributed by atoms with Crippen molar-refractivity contribution in [2.45, 2.75) is 75.3 Å². The second-order valence-electron chi connectivity index (χ2n) is 16.5. The summed E-state index contributed by atoms with van der Waals surface area (Å²) >= 11 is 1.78. The lowest BCUT2D eigenvalue weighted by atomic mass is 10.0. The fraction of sp³-hybridized carbons (Fsp3) is 0.388. The largest absolute Gasteiger partial charge is 0.496 e. The number of benzene rings is 3. The number of aromatic nitrogens is 3. The molecule has 2 aliphatic rings. The Morgan fingerprint density at radius 3 is 2.57 bits per heavy atom. The SMILES string of the molecule is C=CC(=O)Nc1cc(Cc2nccc(-c3cn(C)c4ccccc34)n2)c(OC)cc1N(C)CCN(C)CCCCCCCCSc1cccc2c1CN(C1CCC(=O)NC1=O)C2=O. The van der Waals surface area contributed by atoms with Crippen molar-refractivity contribution in [3.63, 3.8) is 0 Å². The van der Waals surface area contributed by atoms with Crippen molar-refractivity contribution < 1.29 is 23.9 Å². The zero-order valence-corrected chi connectivity index (χ0v) is 37.6. The molecule has 4 amide bonds. The maximum Gasteiger partial charge on any atom is 0.255 e. The van der Waals surface area contributed by atoms with Crippen LogP contribution in [0.2, 0.25) is 0 Å². The quantitative estimate of drug-likeness (QED) is 0.0328. The number of fused-ring (bicyclic) bond motifs is 2. The number of aryl methyl sites for hydroxylation is 1. The number of carbonyl (C=O) groups excluding carboxylic acids is 4. The number of rotatable bonds is 21. The standard InChI is InChI=1S/C49H58N8O5S/c1-6-46(58)52-39-28-33(29-45-50-23-22-38(51-45)36-31-56(4)40-18-12-11-16-34(36)40)43(62-5)30-42(39)55(3)26-25-54(2)24-13-9-7-8-10-14-27-63-44-19-15-17-35-37(44)32-57(49(35)61)41-20-21-47(59)53-48(41)60/h6,11-12,15-19,22-23,28,30-31,41H,1,7-10,13-14,20-21,24-27,29,32H2,2-5H3,(H,52,58)(H,53,59,60). The molecule has 14 heteroatoms. The molecule has 1 atom stereocenters. The Morgan fingerprint density at radius 1 is 0.984 bits per heavy atom. The molecule has 13 nitrogen and oxygen atoms in total. The molecule has 330 valence electrons. The Bertz CT molecular complexity index is 2490. The number of amides is 4. The molecule has 0 radical (unpaired) electrons. The molecule has 4 heterocycles. The molecule has 1 saturated heterocycles. The van der Waals surface area contributed by atoms with Crippen LogP contribution in [-0.4, -0.2) is 101 Å². The highest BCUT2D eigenvalue weighted by molar-refractivity contribution is 7.99. The summed E-state index contributed by atoms with van der Waals surface area (Å²) in [6.07, 6.45) is 13.1. The van der Waals surface area contributed by atoms with Crippen molar-refractivity contribution in [3.05, 3.63) is 108 Å². The van der Waals surface area contributed by atoms with Gasteiger partial charge in [0.2, 0.25) is 17.7 Å². The first-order valence-corrected chi connectivity index (χ1v) is 22.8. The minimum absolute atomic E-state index is 0.128. The summed E-state index contributed by atoms with van der Waals surface area (Å²) in [4.78, 5) is 66.7. The zero-order valence-electron chi connectivity index (χ0n) is 36.8. The first-order chi connectivity index (χ1) is 30.5. The first kappa shape index (κ1) is 45.0. The Labute approximate surface area is 374 Å². The maximum absolute atomic E-state index is 13.2. The molecule has 3 aromatic carbocycles. The summed E-state index contributed by atoms with van der Waals surface area (Å²) in [5, 5.41) is 6.53. The van der Waals surface area contributed by atoms with Crippen LogP contribution in [0.25, 0.3) is 22.2 Å². The van der Waals surface area contributed by atoms with Crippen LogP contribution >= 0.6 is 11.8 Å². The number of imide groups is 1. The molecule has 0 bridgehead atoms. The smallest absolute Gasteiger partial charge is 0.255 e. The van der Waals surface area contributed by atoms with Crippen molar-refractivity contribution >= 4 is 57.7 Å². The number of carbonyl (C=O) groups is 4. The number of unbranched alkanes of at least 4 members (excludes halogenated alkanes) is 5. The molecule has 5 aromatic rings. The van der Waals surface area contributed by atoms with Crippen LogP contribution in [0, 0.1) is 0 Å². The van der Waals surface area contributed by atoms with Gasteiger partial charge in [-0.05, 0) is 80.6 Å². The van der Waals surface area contributed by atoms with Crippen molar-refractivity contribution in [3.8, 4) is 17.0 Å². The van der Waals surface area contributed by atoms with E-state index in [4.69, 9.17) is 9.72 Å². The molecule has 0 saturated carbocycles. The third-order valence-corrected chi connectivity index (χ3v) is 13.2. The van der Waals surface area contributed by atoms with Gasteiger partial charge in [-0.1, -0.05) is 56.5 Å². The number of piperidine rings is 1. The molecule has 1 fully saturated rings. The van der Waals surface area contributed by atoms with E-state index in [1.807, 2.05) is 56.6 Å². The number of hydrogen-bond donors (Lipinski definition) is 2. The summed E-state index contributed by atoms with van der Waals surface area (Å²) in [6, 6.07) is 19.4. The summed E-state index contributed by atoms with van der Waals surface area (Å²) in [7, 11) is 7.88. The van der Waals surface area contributed by atoms with Gasteiger partial charge in [0.25, 0.3) is 5.91 Å². The number of nitrogens with zero attached hydrogens (tertiary/aromatic N) is 6. The fourth-order valence-corrected chi connectivity index (χ4v) is 9.60. The number of para-hydroxylation sites is 1. The molecule has 0 aliphatic carbocycles. The van der Waals surface area contributed by atoms with Gasteiger partial charge in [0, 0.05) is 97.5 Å². The van der Waals surface area contributed by atoms with E-state index < -0.39 is 6.04 Å². The number of methoxy groups -OCH3 is 1. The molecular weight excluding hydrogens is 813 g/mol. The van der Waals surface area contributed by atoms with Gasteiger partial charge in [-0.15, -0.1) is 11.8 Å². The van der Waals surface area contributed by atoms with Crippen molar-refractivity contribution in [1.82, 2.24) is 29.7 Å². The fourth-order valence-electron chi connectivity index (χ4n) is 8.51. The lowest BCUT2D eigenvalue weighted by Gasteiger charge is -2.29. The normalized spacial score (nSPS) is 14.9. The first-order valence-electron chi connectivity index (χ1n) is 21.8. The highest BCUT2D eigenvalue weighted by atomic mass is 32.2. The predicted molar refractivity (Wildman–Crippen MR) is 250 cm³/mol. The summed E-state index contributed by atoms with van der Waals surface area (Å²) in [5.41, 5.74) is 7.06. The Hall–Kier alpha value is -5.99. The van der Waals surface area contributed by atoms with E-state index >= 15 is 0 Å². The van der Waals surface area contributed by atoms with Crippen molar-refractivity contribution in [2.75, 3.05) is 56.8 Å². The average molecular weight is 871 g/mol. The van der Waals surface area contributed by atoms with Gasteiger partial charge in [-0.3, -0.25) is 24.5 Å². The second kappa shape index (κ2) is 20.9. The van der Waals surface area contributed by atoms with Crippen LogP contribution in [0.3, 0.4) is 0 Å². The molecule has 0 spiro atoms. The summed E-state index contributed by atoms with van der Waals surface area (Å²) in [6.45, 7) is 6.67. The van der Waals surface area contributed by atoms with Crippen LogP contribution in [0.5, 0.6) is 5.75 Å². The number of ether oxygens (including phenoxy) is 1. The molecule has 2 aliphatic heterocycles. The minimum atomic E-state index is -0.596. The van der Waals surface area contributed by atoms with Gasteiger partial charge in [-0.25, -0.2) is 9.97 Å². The van der Waals surface area contributed by atoms with Gasteiger partial charge < -0.3 is 29.3 Å². The van der Waals surface area contributed by atoms with E-state index in [1.165, 1.54) is 25.3 Å². The van der Waals surface area contributed by atoms with Crippen LogP contribution in [-0.2, 0) is 34.4 Å². The molecular formula is C49H58N8O5S. The number of hydrogen-bond acceptors (Lipinski definition) is 10. The molecule has 63 heavy (non-hydrogen) atoms. The Kier molecular flexibility index (Phi) is 15.0. The highest BCUT2D eigenvalue weighted by Gasteiger charge is 2.39. The van der Waals surface area contributed by atoms with Crippen LogP contribution in [0.15, 0.2) is 90.6 Å². The van der Waals surface area contributed by atoms with E-state index in [1.54, 1.807) is 30.0 Å². The van der Waals surface area contributed by atoms with E-state index in [-0.39, 0.29) is 30.0 Å². The Morgan fingerprint density at radius 2 is 1.78 bits per heavy atom. The van der Waals surface area contributed by atoms with Gasteiger partial charge in [0.05, 0.1) is 24.2 Å². The molecule has 2 aromatic heterocycles. The second-order valence-corrected chi connectivity index (χ2v) is 17.6. The number of likely N-dealkylation sites (N-methyl/N-ethyl adjacent to an activating group) is 2. The van der Waals surface area contributed by atoms with Crippen molar-refractivity contribution in [1.29, 1.82) is 0 Å². The van der Waals surface area contributed by atoms with Crippen molar-refractivity contribution in [2.24, 2.45) is 7.05 Å². The van der Waals surface area contributed by atoms with Gasteiger partial charge >= 0.3 is 0 Å². The molecule has 1 unspecified atom stereocenters. The monoisotopic (exact) mass is 870 g/mol. The van der Waals surface area contributed by atoms with E-state index in [0.29, 0.717) is 42.2 Å². The van der Waals surface area contributed by atoms with Crippen LogP contribution in [0.1, 0.15) is 78.7 Å². The summed E-state index contributed by atoms with van der Waals surface area (Å²) < 4.78 is 8.02. The number of anilines is 2. The lowest BCUT2D eigenvalue weighted by Crippen LogP contribution is -2.52. The number of thioether (sulfide) groups is 1. The highest BCUT2D eigenvalue weighted by Crippen LogP contribution is 2.37. The molecule has 2 N–H and O–H groups in total. The van der Waals surface area contributed by atoms with Gasteiger partial charge in [-0.2, -0.15) is 0 Å². The van der Waals surface area contributed by atoms with Gasteiger partial charge in [0.15, 0.2) is 0 Å². The average Bonchev–Trinajstić information content (AvgIpc) is 3.81.